The fourth-order valence-electron chi connectivity index (χ4n) is 2.91. The number of carbonyl (C=O) groups excluding carboxylic acids is 1. The van der Waals surface area contributed by atoms with Crippen molar-refractivity contribution in [2.45, 2.75) is 13.3 Å². The number of hydrogen-bond acceptors (Lipinski definition) is 3. The van der Waals surface area contributed by atoms with Crippen molar-refractivity contribution in [2.24, 2.45) is 0 Å². The minimum Gasteiger partial charge on any atom is -0.384 e. The Labute approximate surface area is 165 Å². The minimum absolute atomic E-state index is 0.155. The topological polar surface area (TPSA) is 29.1 Å². The van der Waals surface area contributed by atoms with Gasteiger partial charge in [-0.2, -0.15) is 11.8 Å². The second-order valence-electron chi connectivity index (χ2n) is 5.72. The van der Waals surface area contributed by atoms with Crippen molar-refractivity contribution < 1.29 is 9.18 Å². The molecule has 0 aromatic heterocycles. The number of rotatable bonds is 5. The summed E-state index contributed by atoms with van der Waals surface area (Å²) in [4.78, 5) is 8.57. The maximum Gasteiger partial charge on any atom is 0.123 e. The van der Waals surface area contributed by atoms with Crippen LogP contribution in [0.4, 0.5) is 10.1 Å². The number of allylic oxidation sites excluding steroid dienone is 1. The normalized spacial score (nSPS) is 10.9. The molecule has 0 saturated heterocycles. The monoisotopic (exact) mass is 381 g/mol. The van der Waals surface area contributed by atoms with Crippen LogP contribution in [0.3, 0.4) is 0 Å². The van der Waals surface area contributed by atoms with Crippen LogP contribution in [0.2, 0.25) is 0 Å². The van der Waals surface area contributed by atoms with Crippen LogP contribution in [0.1, 0.15) is 22.3 Å². The van der Waals surface area contributed by atoms with Gasteiger partial charge in [0, 0.05) is 18.0 Å². The van der Waals surface area contributed by atoms with Gasteiger partial charge in [0.2, 0.25) is 0 Å². The highest BCUT2D eigenvalue weighted by Crippen LogP contribution is 2.34. The van der Waals surface area contributed by atoms with Crippen LogP contribution in [0.5, 0.6) is 0 Å². The fraction of sp³-hybridized carbons (Fsp3) is 0.217. The molecule has 0 spiro atoms. The van der Waals surface area contributed by atoms with Gasteiger partial charge in [0.1, 0.15) is 11.8 Å². The van der Waals surface area contributed by atoms with E-state index in [4.69, 9.17) is 4.79 Å². The van der Waals surface area contributed by atoms with Crippen LogP contribution in [0.25, 0.3) is 5.57 Å². The molecule has 4 heteroatoms. The molecule has 140 valence electrons. The summed E-state index contributed by atoms with van der Waals surface area (Å²) < 4.78 is 13.3. The van der Waals surface area contributed by atoms with Gasteiger partial charge in [0.25, 0.3) is 0 Å². The summed E-state index contributed by atoms with van der Waals surface area (Å²) in [6, 6.07) is 11.6. The summed E-state index contributed by atoms with van der Waals surface area (Å²) in [6.45, 7) is 5.79. The predicted octanol–water partition coefficient (Wildman–Crippen LogP) is 5.15. The van der Waals surface area contributed by atoms with E-state index >= 15 is 0 Å². The fourth-order valence-corrected chi connectivity index (χ4v) is 3.21. The van der Waals surface area contributed by atoms with Crippen molar-refractivity contribution in [2.75, 3.05) is 23.9 Å². The average molecular weight is 382 g/mol. The van der Waals surface area contributed by atoms with E-state index in [1.54, 1.807) is 12.1 Å². The molecule has 0 unspecified atom stereocenters. The largest absolute Gasteiger partial charge is 0.384 e. The SMILES string of the molecule is C#C.C=C=O.CSCCNc1ccc(C2=CCc3cc(F)ccc32)cc1C. The summed E-state index contributed by atoms with van der Waals surface area (Å²) in [5.41, 5.74) is 7.09. The standard InChI is InChI=1S/C19H20FNS.C2H2O.C2H2/c1-13-11-14(4-8-19(13)21-9-10-22-2)17-6-3-15-12-16(20)5-7-18(15)17;1-2-3;1-2/h4-8,11-12,21H,3,9-10H2,1-2H3;1H2;1-2H. The van der Waals surface area contributed by atoms with Crippen LogP contribution in [0.15, 0.2) is 49.1 Å². The first-order chi connectivity index (χ1) is 13.1. The molecule has 3 rings (SSSR count). The van der Waals surface area contributed by atoms with Crippen LogP contribution in [0, 0.1) is 25.6 Å². The number of aryl methyl sites for hydroxylation is 1. The van der Waals surface area contributed by atoms with E-state index in [0.717, 1.165) is 29.8 Å². The van der Waals surface area contributed by atoms with E-state index < -0.39 is 0 Å². The Morgan fingerprint density at radius 2 is 1.96 bits per heavy atom. The van der Waals surface area contributed by atoms with Gasteiger partial charge in [-0.3, -0.25) is 0 Å². The lowest BCUT2D eigenvalue weighted by atomic mass is 9.97. The predicted molar refractivity (Wildman–Crippen MR) is 116 cm³/mol. The second-order valence-corrected chi connectivity index (χ2v) is 6.70. The molecule has 2 nitrogen and oxygen atoms in total. The zero-order valence-corrected chi connectivity index (χ0v) is 16.5. The van der Waals surface area contributed by atoms with Gasteiger partial charge >= 0.3 is 0 Å². The Balaban J connectivity index is 0.000000665. The highest BCUT2D eigenvalue weighted by molar-refractivity contribution is 7.98. The molecule has 0 amide bonds. The number of anilines is 1. The van der Waals surface area contributed by atoms with Crippen molar-refractivity contribution >= 4 is 29.0 Å². The van der Waals surface area contributed by atoms with Gasteiger partial charge in [-0.15, -0.1) is 12.8 Å². The molecule has 0 heterocycles. The number of terminal acetylenes is 1. The van der Waals surface area contributed by atoms with Gasteiger partial charge < -0.3 is 5.32 Å². The van der Waals surface area contributed by atoms with Crippen molar-refractivity contribution in [3.05, 3.63) is 77.1 Å². The molecular weight excluding hydrogens is 357 g/mol. The number of nitrogens with one attached hydrogen (secondary N) is 1. The zero-order valence-electron chi connectivity index (χ0n) is 15.7. The molecule has 1 aliphatic carbocycles. The van der Waals surface area contributed by atoms with Crippen molar-refractivity contribution in [1.82, 2.24) is 0 Å². The van der Waals surface area contributed by atoms with E-state index in [1.807, 2.05) is 17.8 Å². The number of thioether (sulfide) groups is 1. The Morgan fingerprint density at radius 1 is 1.26 bits per heavy atom. The Kier molecular flexibility index (Phi) is 9.75. The van der Waals surface area contributed by atoms with Crippen molar-refractivity contribution in [3.8, 4) is 12.8 Å². The highest BCUT2D eigenvalue weighted by atomic mass is 32.2. The quantitative estimate of drug-likeness (QED) is 0.441. The Morgan fingerprint density at radius 3 is 2.59 bits per heavy atom. The van der Waals surface area contributed by atoms with Gasteiger partial charge in [0.05, 0.1) is 0 Å². The smallest absolute Gasteiger partial charge is 0.123 e. The molecule has 2 aromatic rings. The Hall–Kier alpha value is -2.73. The van der Waals surface area contributed by atoms with Crippen molar-refractivity contribution in [1.29, 1.82) is 0 Å². The zero-order chi connectivity index (χ0) is 20.2. The molecule has 0 saturated carbocycles. The van der Waals surface area contributed by atoms with E-state index in [2.05, 4.69) is 62.2 Å². The number of halogens is 1. The lowest BCUT2D eigenvalue weighted by Gasteiger charge is -2.12. The third-order valence-electron chi connectivity index (χ3n) is 4.04. The first kappa shape index (κ1) is 22.3. The minimum atomic E-state index is -0.155. The van der Waals surface area contributed by atoms with E-state index in [0.29, 0.717) is 0 Å². The Bertz CT molecular complexity index is 849. The van der Waals surface area contributed by atoms with Gasteiger partial charge in [0.15, 0.2) is 0 Å². The molecular formula is C23H24FNOS. The third-order valence-corrected chi connectivity index (χ3v) is 4.65. The molecule has 0 fully saturated rings. The highest BCUT2D eigenvalue weighted by Gasteiger charge is 2.16. The van der Waals surface area contributed by atoms with Gasteiger partial charge in [-0.1, -0.05) is 18.2 Å². The van der Waals surface area contributed by atoms with Gasteiger partial charge in [-0.25, -0.2) is 9.18 Å². The number of benzene rings is 2. The molecule has 0 aliphatic heterocycles. The summed E-state index contributed by atoms with van der Waals surface area (Å²) in [7, 11) is 0. The molecule has 0 radical (unpaired) electrons. The molecule has 2 aromatic carbocycles. The van der Waals surface area contributed by atoms with Crippen LogP contribution >= 0.6 is 11.8 Å². The van der Waals surface area contributed by atoms with Crippen LogP contribution in [-0.2, 0) is 11.2 Å². The number of hydrogen-bond donors (Lipinski definition) is 1. The summed E-state index contributed by atoms with van der Waals surface area (Å²) >= 11 is 1.84. The second kappa shape index (κ2) is 11.8. The average Bonchev–Trinajstić information content (AvgIpc) is 3.08. The maximum absolute atomic E-state index is 13.3. The van der Waals surface area contributed by atoms with Crippen LogP contribution in [-0.4, -0.2) is 24.5 Å². The lowest BCUT2D eigenvalue weighted by molar-refractivity contribution is 0.569. The maximum atomic E-state index is 13.3. The molecule has 0 atom stereocenters. The summed E-state index contributed by atoms with van der Waals surface area (Å²) in [5, 5.41) is 3.47. The van der Waals surface area contributed by atoms with Crippen LogP contribution < -0.4 is 5.32 Å². The number of fused-ring (bicyclic) bond motifs is 1. The van der Waals surface area contributed by atoms with E-state index in [9.17, 15) is 4.39 Å². The first-order valence-electron chi connectivity index (χ1n) is 8.41. The van der Waals surface area contributed by atoms with E-state index in [1.165, 1.54) is 28.3 Å². The summed E-state index contributed by atoms with van der Waals surface area (Å²) in [6.07, 6.45) is 13.1. The van der Waals surface area contributed by atoms with Gasteiger partial charge in [-0.05, 0) is 78.3 Å². The first-order valence-corrected chi connectivity index (χ1v) is 9.80. The lowest BCUT2D eigenvalue weighted by Crippen LogP contribution is -2.05. The molecule has 1 aliphatic rings. The molecule has 27 heavy (non-hydrogen) atoms. The van der Waals surface area contributed by atoms with E-state index in [-0.39, 0.29) is 5.82 Å². The third kappa shape index (κ3) is 6.18. The van der Waals surface area contributed by atoms with Crippen molar-refractivity contribution in [3.63, 3.8) is 0 Å². The molecule has 1 N–H and O–H groups in total. The molecule has 0 bridgehead atoms. The summed E-state index contributed by atoms with van der Waals surface area (Å²) in [5.74, 6) is 2.20.